The van der Waals surface area contributed by atoms with Gasteiger partial charge in [0.15, 0.2) is 0 Å². The third kappa shape index (κ3) is 4.77. The smallest absolute Gasteiger partial charge is 0.361 e. The van der Waals surface area contributed by atoms with Gasteiger partial charge in [-0.2, -0.15) is 13.2 Å². The van der Waals surface area contributed by atoms with Gasteiger partial charge in [-0.1, -0.05) is 43.3 Å². The predicted octanol–water partition coefficient (Wildman–Crippen LogP) is 7.47. The number of aliphatic imine (C=N–C) groups is 1. The fourth-order valence-electron chi connectivity index (χ4n) is 3.86. The number of hydrogen-bond acceptors (Lipinski definition) is 1. The van der Waals surface area contributed by atoms with Gasteiger partial charge >= 0.3 is 6.18 Å². The fourth-order valence-corrected chi connectivity index (χ4v) is 3.86. The zero-order chi connectivity index (χ0) is 22.7. The second-order valence-electron chi connectivity index (χ2n) is 7.92. The minimum absolute atomic E-state index is 0.640. The zero-order valence-electron chi connectivity index (χ0n) is 18.1. The molecule has 0 bridgehead atoms. The summed E-state index contributed by atoms with van der Waals surface area (Å²) in [6.07, 6.45) is -0.428. The largest absolute Gasteiger partial charge is 0.416 e. The normalized spacial score (nSPS) is 12.5. The number of alkyl halides is 3. The molecule has 0 aliphatic heterocycles. The molecule has 32 heavy (non-hydrogen) atoms. The number of hydrogen-bond donors (Lipinski definition) is 1. The summed E-state index contributed by atoms with van der Waals surface area (Å²) >= 11 is 0. The molecule has 0 radical (unpaired) electrons. The van der Waals surface area contributed by atoms with E-state index in [1.54, 1.807) is 0 Å². The van der Waals surface area contributed by atoms with Crippen molar-refractivity contribution in [2.24, 2.45) is 4.99 Å². The molecule has 1 heterocycles. The third-order valence-corrected chi connectivity index (χ3v) is 5.80. The van der Waals surface area contributed by atoms with Crippen LogP contribution in [0, 0.1) is 0 Å². The molecule has 164 valence electrons. The molecule has 0 amide bonds. The number of aromatic amines is 1. The van der Waals surface area contributed by atoms with E-state index in [0.29, 0.717) is 6.54 Å². The highest BCUT2D eigenvalue weighted by Gasteiger charge is 2.29. The first-order chi connectivity index (χ1) is 15.3. The van der Waals surface area contributed by atoms with Crippen LogP contribution in [0.25, 0.3) is 22.0 Å². The van der Waals surface area contributed by atoms with Gasteiger partial charge in [-0.05, 0) is 77.9 Å². The van der Waals surface area contributed by atoms with Gasteiger partial charge < -0.3 is 4.98 Å². The number of H-pyrrole nitrogens is 1. The van der Waals surface area contributed by atoms with Crippen molar-refractivity contribution >= 4 is 16.6 Å². The van der Waals surface area contributed by atoms with Gasteiger partial charge in [0.2, 0.25) is 0 Å². The Kier molecular flexibility index (Phi) is 6.17. The van der Waals surface area contributed by atoms with Gasteiger partial charge in [-0.15, -0.1) is 0 Å². The van der Waals surface area contributed by atoms with Crippen LogP contribution in [-0.2, 0) is 19.0 Å². The summed E-state index contributed by atoms with van der Waals surface area (Å²) in [5, 5.41) is 1.25. The van der Waals surface area contributed by atoms with Crippen LogP contribution in [0.4, 0.5) is 13.2 Å². The topological polar surface area (TPSA) is 28.1 Å². The zero-order valence-corrected chi connectivity index (χ0v) is 18.1. The quantitative estimate of drug-likeness (QED) is 0.305. The first-order valence-corrected chi connectivity index (χ1v) is 10.7. The summed E-state index contributed by atoms with van der Waals surface area (Å²) in [5.74, 6) is 0. The summed E-state index contributed by atoms with van der Waals surface area (Å²) in [5.41, 5.74) is 6.57. The molecule has 0 aliphatic rings. The maximum absolute atomic E-state index is 12.8. The van der Waals surface area contributed by atoms with Crippen molar-refractivity contribution in [3.05, 3.63) is 95.2 Å². The first kappa shape index (κ1) is 21.9. The van der Waals surface area contributed by atoms with Crippen LogP contribution in [0.2, 0.25) is 0 Å². The Morgan fingerprint density at radius 3 is 2.44 bits per heavy atom. The van der Waals surface area contributed by atoms with Gasteiger partial charge in [0.25, 0.3) is 0 Å². The second-order valence-corrected chi connectivity index (χ2v) is 7.92. The molecule has 0 fully saturated rings. The lowest BCUT2D eigenvalue weighted by molar-refractivity contribution is -0.137. The number of fused-ring (bicyclic) bond motifs is 1. The van der Waals surface area contributed by atoms with Crippen molar-refractivity contribution in [2.75, 3.05) is 6.54 Å². The Labute approximate surface area is 185 Å². The van der Waals surface area contributed by atoms with E-state index in [1.165, 1.54) is 28.6 Å². The molecule has 4 aromatic rings. The van der Waals surface area contributed by atoms with E-state index in [4.69, 9.17) is 4.99 Å². The van der Waals surface area contributed by atoms with Crippen LogP contribution in [0.5, 0.6) is 0 Å². The average Bonchev–Trinajstić information content (AvgIpc) is 3.20. The molecule has 1 aromatic heterocycles. The van der Waals surface area contributed by atoms with E-state index in [2.05, 4.69) is 36.3 Å². The van der Waals surface area contributed by atoms with E-state index in [1.807, 2.05) is 31.2 Å². The molecule has 3 aromatic carbocycles. The van der Waals surface area contributed by atoms with Crippen molar-refractivity contribution < 1.29 is 13.2 Å². The van der Waals surface area contributed by atoms with Crippen LogP contribution < -0.4 is 0 Å². The number of nitrogens with one attached hydrogen (secondary N) is 1. The maximum Gasteiger partial charge on any atom is 0.416 e. The van der Waals surface area contributed by atoms with Crippen molar-refractivity contribution in [3.8, 4) is 11.1 Å². The van der Waals surface area contributed by atoms with Crippen LogP contribution in [0.3, 0.4) is 0 Å². The highest BCUT2D eigenvalue weighted by molar-refractivity contribution is 5.99. The summed E-state index contributed by atoms with van der Waals surface area (Å²) in [6.45, 7) is 4.79. The predicted molar refractivity (Wildman–Crippen MR) is 125 cm³/mol. The van der Waals surface area contributed by atoms with Crippen LogP contribution in [0.15, 0.2) is 77.9 Å². The Morgan fingerprint density at radius 1 is 0.938 bits per heavy atom. The van der Waals surface area contributed by atoms with Gasteiger partial charge in [0, 0.05) is 29.4 Å². The SMILES string of the molecule is CCc1ccc2[nH]cc(CCN=C(C)c3cccc(-c4ccc(C(F)(F)F)cc4)c3)c2c1. The Morgan fingerprint density at radius 2 is 1.72 bits per heavy atom. The second kappa shape index (κ2) is 9.03. The number of nitrogens with zero attached hydrogens (tertiary/aromatic N) is 1. The molecule has 0 atom stereocenters. The van der Waals surface area contributed by atoms with E-state index in [9.17, 15) is 13.2 Å². The molecule has 0 aliphatic carbocycles. The molecule has 4 rings (SSSR count). The minimum atomic E-state index is -4.33. The minimum Gasteiger partial charge on any atom is -0.361 e. The molecule has 0 saturated heterocycles. The lowest BCUT2D eigenvalue weighted by atomic mass is 10.00. The summed E-state index contributed by atoms with van der Waals surface area (Å²) in [7, 11) is 0. The van der Waals surface area contributed by atoms with Crippen molar-refractivity contribution in [1.82, 2.24) is 4.98 Å². The van der Waals surface area contributed by atoms with E-state index < -0.39 is 11.7 Å². The fraction of sp³-hybridized carbons (Fsp3) is 0.222. The number of benzene rings is 3. The third-order valence-electron chi connectivity index (χ3n) is 5.80. The van der Waals surface area contributed by atoms with Crippen LogP contribution in [0.1, 0.15) is 36.1 Å². The lowest BCUT2D eigenvalue weighted by Gasteiger charge is -2.09. The van der Waals surface area contributed by atoms with Gasteiger partial charge in [0.05, 0.1) is 5.56 Å². The molecule has 0 saturated carbocycles. The Balaban J connectivity index is 1.48. The first-order valence-electron chi connectivity index (χ1n) is 10.7. The van der Waals surface area contributed by atoms with E-state index in [-0.39, 0.29) is 0 Å². The molecule has 0 unspecified atom stereocenters. The Bertz CT molecular complexity index is 1250. The van der Waals surface area contributed by atoms with Crippen LogP contribution in [-0.4, -0.2) is 17.2 Å². The molecular formula is C27H25F3N2. The summed E-state index contributed by atoms with van der Waals surface area (Å²) in [4.78, 5) is 8.08. The average molecular weight is 435 g/mol. The summed E-state index contributed by atoms with van der Waals surface area (Å²) < 4.78 is 38.5. The van der Waals surface area contributed by atoms with Gasteiger partial charge in [-0.25, -0.2) is 0 Å². The van der Waals surface area contributed by atoms with Gasteiger partial charge in [-0.3, -0.25) is 4.99 Å². The van der Waals surface area contributed by atoms with Crippen molar-refractivity contribution in [3.63, 3.8) is 0 Å². The highest BCUT2D eigenvalue weighted by Crippen LogP contribution is 2.31. The van der Waals surface area contributed by atoms with Crippen molar-refractivity contribution in [2.45, 2.75) is 32.9 Å². The molecule has 5 heteroatoms. The maximum atomic E-state index is 12.8. The van der Waals surface area contributed by atoms with Crippen LogP contribution >= 0.6 is 0 Å². The molecular weight excluding hydrogens is 409 g/mol. The molecule has 1 N–H and O–H groups in total. The van der Waals surface area contributed by atoms with Gasteiger partial charge in [0.1, 0.15) is 0 Å². The monoisotopic (exact) mass is 434 g/mol. The number of rotatable bonds is 6. The highest BCUT2D eigenvalue weighted by atomic mass is 19.4. The number of halogens is 3. The van der Waals surface area contributed by atoms with E-state index >= 15 is 0 Å². The molecule has 2 nitrogen and oxygen atoms in total. The Hall–Kier alpha value is -3.34. The van der Waals surface area contributed by atoms with Crippen molar-refractivity contribution in [1.29, 1.82) is 0 Å². The summed E-state index contributed by atoms with van der Waals surface area (Å²) in [6, 6.07) is 19.5. The number of aromatic nitrogens is 1. The molecule has 0 spiro atoms. The number of aryl methyl sites for hydroxylation is 1. The lowest BCUT2D eigenvalue weighted by Crippen LogP contribution is -2.04. The van der Waals surface area contributed by atoms with E-state index in [0.717, 1.165) is 52.9 Å². The standard InChI is InChI=1S/C27H25F3N2/c1-3-19-7-12-26-25(15-19)23(17-32-26)13-14-31-18(2)21-5-4-6-22(16-21)20-8-10-24(11-9-20)27(28,29)30/h4-12,15-17,32H,3,13-14H2,1-2H3.